The first-order valence-electron chi connectivity index (χ1n) is 4.94. The summed E-state index contributed by atoms with van der Waals surface area (Å²) >= 11 is 0. The first-order valence-corrected chi connectivity index (χ1v) is 4.94. The average Bonchev–Trinajstić information content (AvgIpc) is 2.34. The summed E-state index contributed by atoms with van der Waals surface area (Å²) in [7, 11) is 1.69. The van der Waals surface area contributed by atoms with Gasteiger partial charge in [-0.05, 0) is 18.7 Å². The van der Waals surface area contributed by atoms with E-state index in [9.17, 15) is 9.59 Å². The van der Waals surface area contributed by atoms with E-state index in [0.29, 0.717) is 0 Å². The Labute approximate surface area is 94.4 Å². The van der Waals surface area contributed by atoms with Gasteiger partial charge in [-0.25, -0.2) is 0 Å². The monoisotopic (exact) mass is 218 g/mol. The summed E-state index contributed by atoms with van der Waals surface area (Å²) < 4.78 is 0. The van der Waals surface area contributed by atoms with Crippen LogP contribution in [0, 0.1) is 0 Å². The van der Waals surface area contributed by atoms with Crippen molar-refractivity contribution in [3.8, 4) is 0 Å². The van der Waals surface area contributed by atoms with E-state index in [1.165, 1.54) is 6.08 Å². The molecule has 84 valence electrons. The fourth-order valence-corrected chi connectivity index (χ4v) is 1.07. The molecule has 2 N–H and O–H groups in total. The number of ketones is 1. The van der Waals surface area contributed by atoms with E-state index in [4.69, 9.17) is 0 Å². The van der Waals surface area contributed by atoms with E-state index in [1.807, 2.05) is 30.3 Å². The molecule has 0 saturated carbocycles. The zero-order chi connectivity index (χ0) is 11.8. The van der Waals surface area contributed by atoms with Gasteiger partial charge in [0.2, 0.25) is 5.78 Å². The number of amides is 1. The molecule has 1 amide bonds. The number of hydrogen-bond donors (Lipinski definition) is 2. The van der Waals surface area contributed by atoms with Gasteiger partial charge >= 0.3 is 0 Å². The third-order valence-corrected chi connectivity index (χ3v) is 1.88. The van der Waals surface area contributed by atoms with Gasteiger partial charge in [-0.2, -0.15) is 0 Å². The molecule has 1 aromatic rings. The van der Waals surface area contributed by atoms with Crippen LogP contribution in [0.1, 0.15) is 5.56 Å². The lowest BCUT2D eigenvalue weighted by molar-refractivity contribution is -0.135. The quantitative estimate of drug-likeness (QED) is 0.431. The highest BCUT2D eigenvalue weighted by Gasteiger charge is 2.07. The van der Waals surface area contributed by atoms with E-state index in [1.54, 1.807) is 13.1 Å². The smallest absolute Gasteiger partial charge is 0.292 e. The Hall–Kier alpha value is -1.94. The fraction of sp³-hybridized carbons (Fsp3) is 0.167. The van der Waals surface area contributed by atoms with Crippen molar-refractivity contribution in [3.63, 3.8) is 0 Å². The third-order valence-electron chi connectivity index (χ3n) is 1.88. The summed E-state index contributed by atoms with van der Waals surface area (Å²) in [6.07, 6.45) is 2.88. The fourth-order valence-electron chi connectivity index (χ4n) is 1.07. The van der Waals surface area contributed by atoms with Crippen molar-refractivity contribution in [2.75, 3.05) is 13.7 Å². The van der Waals surface area contributed by atoms with Gasteiger partial charge in [-0.1, -0.05) is 36.4 Å². The standard InChI is InChI=1S/C12H14N2O2/c1-13-9-14-12(16)11(15)8-7-10-5-3-2-4-6-10/h2-8,13H,9H2,1H3,(H,14,16)/b8-7+. The van der Waals surface area contributed by atoms with Crippen LogP contribution in [0.25, 0.3) is 6.08 Å². The normalized spacial score (nSPS) is 10.3. The lowest BCUT2D eigenvalue weighted by Crippen LogP contribution is -2.35. The predicted molar refractivity (Wildman–Crippen MR) is 62.6 cm³/mol. The Morgan fingerprint density at radius 2 is 1.94 bits per heavy atom. The summed E-state index contributed by atoms with van der Waals surface area (Å²) in [5, 5.41) is 5.14. The minimum absolute atomic E-state index is 0.281. The Morgan fingerprint density at radius 3 is 2.56 bits per heavy atom. The summed E-state index contributed by atoms with van der Waals surface area (Å²) in [5.74, 6) is -1.17. The lowest BCUT2D eigenvalue weighted by Gasteiger charge is -1.99. The van der Waals surface area contributed by atoms with Crippen molar-refractivity contribution in [2.24, 2.45) is 0 Å². The van der Waals surface area contributed by atoms with Gasteiger partial charge in [-0.15, -0.1) is 0 Å². The Kier molecular flexibility index (Phi) is 4.95. The number of benzene rings is 1. The molecular weight excluding hydrogens is 204 g/mol. The van der Waals surface area contributed by atoms with Crippen LogP contribution in [0.4, 0.5) is 0 Å². The number of hydrogen-bond acceptors (Lipinski definition) is 3. The molecule has 0 unspecified atom stereocenters. The van der Waals surface area contributed by atoms with Gasteiger partial charge in [0.25, 0.3) is 5.91 Å². The number of carbonyl (C=O) groups is 2. The van der Waals surface area contributed by atoms with Crippen LogP contribution in [-0.2, 0) is 9.59 Å². The highest BCUT2D eigenvalue weighted by Crippen LogP contribution is 2.00. The second-order valence-corrected chi connectivity index (χ2v) is 3.14. The molecular formula is C12H14N2O2. The molecule has 0 aliphatic heterocycles. The maximum absolute atomic E-state index is 11.3. The van der Waals surface area contributed by atoms with Crippen LogP contribution >= 0.6 is 0 Å². The number of rotatable bonds is 5. The summed E-state index contributed by atoms with van der Waals surface area (Å²) in [5.41, 5.74) is 0.886. The van der Waals surface area contributed by atoms with E-state index >= 15 is 0 Å². The summed E-state index contributed by atoms with van der Waals surface area (Å²) in [4.78, 5) is 22.5. The molecule has 0 radical (unpaired) electrons. The van der Waals surface area contributed by atoms with E-state index < -0.39 is 11.7 Å². The van der Waals surface area contributed by atoms with Gasteiger partial charge in [0.1, 0.15) is 0 Å². The molecule has 0 spiro atoms. The number of nitrogens with one attached hydrogen (secondary N) is 2. The highest BCUT2D eigenvalue weighted by atomic mass is 16.2. The van der Waals surface area contributed by atoms with Crippen LogP contribution in [0.15, 0.2) is 36.4 Å². The molecule has 0 atom stereocenters. The molecule has 0 aliphatic rings. The topological polar surface area (TPSA) is 58.2 Å². The highest BCUT2D eigenvalue weighted by molar-refractivity contribution is 6.41. The zero-order valence-corrected chi connectivity index (χ0v) is 9.07. The van der Waals surface area contributed by atoms with E-state index in [2.05, 4.69) is 10.6 Å². The maximum atomic E-state index is 11.3. The summed E-state index contributed by atoms with van der Waals surface area (Å²) in [6.45, 7) is 0.281. The van der Waals surface area contributed by atoms with Crippen LogP contribution < -0.4 is 10.6 Å². The number of carbonyl (C=O) groups excluding carboxylic acids is 2. The molecule has 0 fully saturated rings. The van der Waals surface area contributed by atoms with Crippen LogP contribution in [-0.4, -0.2) is 25.4 Å². The van der Waals surface area contributed by atoms with Gasteiger partial charge < -0.3 is 10.6 Å². The molecule has 0 bridgehead atoms. The largest absolute Gasteiger partial charge is 0.337 e. The molecule has 1 aromatic carbocycles. The maximum Gasteiger partial charge on any atom is 0.292 e. The Bertz CT molecular complexity index is 385. The second-order valence-electron chi connectivity index (χ2n) is 3.14. The Balaban J connectivity index is 2.51. The molecule has 16 heavy (non-hydrogen) atoms. The molecule has 4 heteroatoms. The van der Waals surface area contributed by atoms with Gasteiger partial charge in [-0.3, -0.25) is 9.59 Å². The van der Waals surface area contributed by atoms with Crippen molar-refractivity contribution < 1.29 is 9.59 Å². The first-order chi connectivity index (χ1) is 7.74. The van der Waals surface area contributed by atoms with Crippen LogP contribution in [0.3, 0.4) is 0 Å². The van der Waals surface area contributed by atoms with Crippen LogP contribution in [0.2, 0.25) is 0 Å². The van der Waals surface area contributed by atoms with Gasteiger partial charge in [0, 0.05) is 0 Å². The van der Waals surface area contributed by atoms with Gasteiger partial charge in [0.05, 0.1) is 6.67 Å². The molecule has 0 aromatic heterocycles. The lowest BCUT2D eigenvalue weighted by atomic mass is 10.2. The van der Waals surface area contributed by atoms with Crippen molar-refractivity contribution in [1.29, 1.82) is 0 Å². The molecule has 0 heterocycles. The van der Waals surface area contributed by atoms with Crippen molar-refractivity contribution in [1.82, 2.24) is 10.6 Å². The van der Waals surface area contributed by atoms with E-state index in [-0.39, 0.29) is 6.67 Å². The minimum atomic E-state index is -0.610. The van der Waals surface area contributed by atoms with Crippen molar-refractivity contribution in [2.45, 2.75) is 0 Å². The van der Waals surface area contributed by atoms with Crippen LogP contribution in [0.5, 0.6) is 0 Å². The van der Waals surface area contributed by atoms with Crippen molar-refractivity contribution in [3.05, 3.63) is 42.0 Å². The molecule has 0 aliphatic carbocycles. The Morgan fingerprint density at radius 1 is 1.25 bits per heavy atom. The zero-order valence-electron chi connectivity index (χ0n) is 9.07. The SMILES string of the molecule is CNCNC(=O)C(=O)/C=C/c1ccccc1. The molecule has 1 rings (SSSR count). The van der Waals surface area contributed by atoms with E-state index in [0.717, 1.165) is 5.56 Å². The average molecular weight is 218 g/mol. The molecule has 4 nitrogen and oxygen atoms in total. The first kappa shape index (κ1) is 12.1. The predicted octanol–water partition coefficient (Wildman–Crippen LogP) is 0.562. The third kappa shape index (κ3) is 4.06. The second kappa shape index (κ2) is 6.53. The summed E-state index contributed by atoms with van der Waals surface area (Å²) in [6, 6.07) is 9.33. The van der Waals surface area contributed by atoms with Crippen molar-refractivity contribution >= 4 is 17.8 Å². The molecule has 0 saturated heterocycles. The van der Waals surface area contributed by atoms with Gasteiger partial charge in [0.15, 0.2) is 0 Å². The minimum Gasteiger partial charge on any atom is -0.337 e.